The van der Waals surface area contributed by atoms with E-state index in [1.165, 1.54) is 5.56 Å². The lowest BCUT2D eigenvalue weighted by Gasteiger charge is -2.23. The Labute approximate surface area is 198 Å². The Morgan fingerprint density at radius 1 is 0.581 bits per heavy atom. The Bertz CT molecular complexity index is 1010. The van der Waals surface area contributed by atoms with Crippen LogP contribution in [0.15, 0.2) is 48.5 Å². The molecule has 0 heterocycles. The largest absolute Gasteiger partial charge is 0.493 e. The van der Waals surface area contributed by atoms with Gasteiger partial charge in [0.1, 0.15) is 0 Å². The first-order chi connectivity index (χ1) is 14.7. The van der Waals surface area contributed by atoms with Crippen molar-refractivity contribution < 1.29 is 18.9 Å². The van der Waals surface area contributed by atoms with Gasteiger partial charge in [0, 0.05) is 3.57 Å². The fraction of sp³-hybridized carbons (Fsp3) is 0.308. The average Bonchev–Trinajstić information content (AvgIpc) is 2.77. The molecule has 164 valence electrons. The van der Waals surface area contributed by atoms with E-state index in [0.29, 0.717) is 23.0 Å². The second-order valence-corrected chi connectivity index (χ2v) is 9.35. The molecule has 0 radical (unpaired) electrons. The predicted molar refractivity (Wildman–Crippen MR) is 135 cm³/mol. The fourth-order valence-electron chi connectivity index (χ4n) is 3.49. The van der Waals surface area contributed by atoms with Gasteiger partial charge in [-0.05, 0) is 92.2 Å². The molecule has 0 atom stereocenters. The van der Waals surface area contributed by atoms with Gasteiger partial charge in [-0.3, -0.25) is 0 Å². The van der Waals surface area contributed by atoms with Gasteiger partial charge in [0.15, 0.2) is 23.0 Å². The van der Waals surface area contributed by atoms with Gasteiger partial charge in [-0.25, -0.2) is 0 Å². The minimum atomic E-state index is -0.0129. The molecule has 3 aromatic carbocycles. The van der Waals surface area contributed by atoms with Crippen LogP contribution in [0.3, 0.4) is 0 Å². The highest BCUT2D eigenvalue weighted by Crippen LogP contribution is 2.42. The molecule has 0 aromatic heterocycles. The van der Waals surface area contributed by atoms with Crippen molar-refractivity contribution in [3.05, 3.63) is 57.7 Å². The Morgan fingerprint density at radius 2 is 0.968 bits per heavy atom. The Balaban J connectivity index is 2.27. The number of hydrogen-bond acceptors (Lipinski definition) is 4. The molecule has 4 nitrogen and oxygen atoms in total. The first kappa shape index (κ1) is 23.3. The van der Waals surface area contributed by atoms with Gasteiger partial charge in [-0.1, -0.05) is 32.9 Å². The van der Waals surface area contributed by atoms with Gasteiger partial charge in [-0.2, -0.15) is 0 Å². The molecule has 0 bridgehead atoms. The van der Waals surface area contributed by atoms with Crippen LogP contribution in [0.25, 0.3) is 22.3 Å². The molecular weight excluding hydrogens is 503 g/mol. The smallest absolute Gasteiger partial charge is 0.161 e. The van der Waals surface area contributed by atoms with Gasteiger partial charge in [0.05, 0.1) is 28.4 Å². The standard InChI is InChI=1S/C26H29IO4/c1-26(2,3)18-14-19(16-8-10-21(28-4)23(12-16)30-6)25(27)20(15-18)17-9-11-22(29-5)24(13-17)31-7/h8-15H,1-7H3. The van der Waals surface area contributed by atoms with E-state index >= 15 is 0 Å². The average molecular weight is 532 g/mol. The first-order valence-corrected chi connectivity index (χ1v) is 11.1. The topological polar surface area (TPSA) is 36.9 Å². The summed E-state index contributed by atoms with van der Waals surface area (Å²) < 4.78 is 23.1. The normalized spacial score (nSPS) is 11.2. The van der Waals surface area contributed by atoms with Crippen LogP contribution in [0, 0.1) is 3.57 Å². The molecule has 5 heteroatoms. The summed E-state index contributed by atoms with van der Waals surface area (Å²) in [6, 6.07) is 16.6. The molecule has 0 N–H and O–H groups in total. The SMILES string of the molecule is COc1ccc(-c2cc(C(C)(C)C)cc(-c3ccc(OC)c(OC)c3)c2I)cc1OC. The van der Waals surface area contributed by atoms with Crippen LogP contribution in [0.1, 0.15) is 26.3 Å². The van der Waals surface area contributed by atoms with E-state index in [1.807, 2.05) is 24.3 Å². The monoisotopic (exact) mass is 532 g/mol. The quantitative estimate of drug-likeness (QED) is 0.322. The van der Waals surface area contributed by atoms with E-state index in [1.54, 1.807) is 28.4 Å². The molecular formula is C26H29IO4. The maximum Gasteiger partial charge on any atom is 0.161 e. The fourth-order valence-corrected chi connectivity index (χ4v) is 4.42. The predicted octanol–water partition coefficient (Wildman–Crippen LogP) is 6.96. The third-order valence-corrected chi connectivity index (χ3v) is 6.49. The minimum Gasteiger partial charge on any atom is -0.493 e. The summed E-state index contributed by atoms with van der Waals surface area (Å²) in [5, 5.41) is 0. The number of ether oxygens (including phenoxy) is 4. The van der Waals surface area contributed by atoms with E-state index < -0.39 is 0 Å². The molecule has 0 aliphatic rings. The van der Waals surface area contributed by atoms with Crippen molar-refractivity contribution in [1.29, 1.82) is 0 Å². The molecule has 0 aliphatic carbocycles. The molecule has 31 heavy (non-hydrogen) atoms. The molecule has 0 saturated carbocycles. The maximum absolute atomic E-state index is 5.55. The van der Waals surface area contributed by atoms with Crippen molar-refractivity contribution in [2.24, 2.45) is 0 Å². The van der Waals surface area contributed by atoms with Gasteiger partial charge < -0.3 is 18.9 Å². The van der Waals surface area contributed by atoms with Crippen LogP contribution in [-0.4, -0.2) is 28.4 Å². The molecule has 0 spiro atoms. The lowest BCUT2D eigenvalue weighted by atomic mass is 9.83. The summed E-state index contributed by atoms with van der Waals surface area (Å²) in [7, 11) is 6.62. The Morgan fingerprint density at radius 3 is 1.29 bits per heavy atom. The van der Waals surface area contributed by atoms with Crippen molar-refractivity contribution in [1.82, 2.24) is 0 Å². The van der Waals surface area contributed by atoms with Crippen molar-refractivity contribution in [3.63, 3.8) is 0 Å². The van der Waals surface area contributed by atoms with Gasteiger partial charge in [0.2, 0.25) is 0 Å². The van der Waals surface area contributed by atoms with E-state index in [-0.39, 0.29) is 5.41 Å². The van der Waals surface area contributed by atoms with E-state index in [4.69, 9.17) is 18.9 Å². The summed E-state index contributed by atoms with van der Waals surface area (Å²) in [6.45, 7) is 6.68. The number of hydrogen-bond donors (Lipinski definition) is 0. The van der Waals surface area contributed by atoms with Gasteiger partial charge in [0.25, 0.3) is 0 Å². The second kappa shape index (κ2) is 9.39. The van der Waals surface area contributed by atoms with Crippen LogP contribution in [0.4, 0.5) is 0 Å². The van der Waals surface area contributed by atoms with E-state index in [0.717, 1.165) is 25.8 Å². The molecule has 0 aliphatic heterocycles. The Kier molecular flexibility index (Phi) is 7.04. The molecule has 0 amide bonds. The molecule has 3 rings (SSSR count). The third-order valence-electron chi connectivity index (χ3n) is 5.33. The number of benzene rings is 3. The maximum atomic E-state index is 5.55. The zero-order chi connectivity index (χ0) is 22.8. The van der Waals surface area contributed by atoms with E-state index in [2.05, 4.69) is 67.6 Å². The Hall–Kier alpha value is -2.41. The van der Waals surface area contributed by atoms with Gasteiger partial charge in [-0.15, -0.1) is 0 Å². The zero-order valence-corrected chi connectivity index (χ0v) is 21.3. The van der Waals surface area contributed by atoms with Crippen LogP contribution < -0.4 is 18.9 Å². The summed E-state index contributed by atoms with van der Waals surface area (Å²) in [5.74, 6) is 2.86. The highest BCUT2D eigenvalue weighted by molar-refractivity contribution is 14.1. The zero-order valence-electron chi connectivity index (χ0n) is 19.1. The van der Waals surface area contributed by atoms with Crippen LogP contribution in [0.2, 0.25) is 0 Å². The van der Waals surface area contributed by atoms with E-state index in [9.17, 15) is 0 Å². The van der Waals surface area contributed by atoms with Crippen molar-refractivity contribution in [2.45, 2.75) is 26.2 Å². The number of halogens is 1. The van der Waals surface area contributed by atoms with Crippen LogP contribution in [0.5, 0.6) is 23.0 Å². The summed E-state index contributed by atoms with van der Waals surface area (Å²) in [6.07, 6.45) is 0. The summed E-state index contributed by atoms with van der Waals surface area (Å²) in [4.78, 5) is 0. The first-order valence-electron chi connectivity index (χ1n) is 10.0. The lowest BCUT2D eigenvalue weighted by Crippen LogP contribution is -2.12. The van der Waals surface area contributed by atoms with Crippen LogP contribution in [-0.2, 0) is 5.41 Å². The van der Waals surface area contributed by atoms with Crippen LogP contribution >= 0.6 is 22.6 Å². The summed E-state index contributed by atoms with van der Waals surface area (Å²) >= 11 is 2.43. The molecule has 3 aromatic rings. The third kappa shape index (κ3) is 4.76. The highest BCUT2D eigenvalue weighted by atomic mass is 127. The van der Waals surface area contributed by atoms with Crippen molar-refractivity contribution >= 4 is 22.6 Å². The highest BCUT2D eigenvalue weighted by Gasteiger charge is 2.21. The van der Waals surface area contributed by atoms with Crippen molar-refractivity contribution in [3.8, 4) is 45.3 Å². The summed E-state index contributed by atoms with van der Waals surface area (Å²) in [5.41, 5.74) is 5.70. The second-order valence-electron chi connectivity index (χ2n) is 8.27. The molecule has 0 unspecified atom stereocenters. The minimum absolute atomic E-state index is 0.0129. The van der Waals surface area contributed by atoms with Gasteiger partial charge >= 0.3 is 0 Å². The van der Waals surface area contributed by atoms with Crippen molar-refractivity contribution in [2.75, 3.05) is 28.4 Å². The molecule has 0 saturated heterocycles. The number of rotatable bonds is 6. The lowest BCUT2D eigenvalue weighted by molar-refractivity contribution is 0.355. The molecule has 0 fully saturated rings. The number of methoxy groups -OCH3 is 4.